The quantitative estimate of drug-likeness (QED) is 0.860. The lowest BCUT2D eigenvalue weighted by atomic mass is 10.0. The molecule has 1 aromatic heterocycles. The van der Waals surface area contributed by atoms with Crippen molar-refractivity contribution >= 4 is 36.4 Å². The number of pyridine rings is 1. The van der Waals surface area contributed by atoms with Crippen LogP contribution < -0.4 is 15.4 Å². The van der Waals surface area contributed by atoms with Gasteiger partial charge in [0.2, 0.25) is 11.8 Å². The van der Waals surface area contributed by atoms with Crippen molar-refractivity contribution in [3.8, 4) is 11.6 Å². The number of anilines is 1. The van der Waals surface area contributed by atoms with E-state index in [1.807, 2.05) is 30.3 Å². The van der Waals surface area contributed by atoms with E-state index >= 15 is 0 Å². The fraction of sp³-hybridized carbons (Fsp3) is 0.294. The zero-order chi connectivity index (χ0) is 15.2. The number of benzene rings is 1. The van der Waals surface area contributed by atoms with Gasteiger partial charge in [-0.3, -0.25) is 4.79 Å². The van der Waals surface area contributed by atoms with Gasteiger partial charge in [0.05, 0.1) is 6.04 Å². The minimum absolute atomic E-state index is 0. The number of amides is 1. The number of hydrogen-bond acceptors (Lipinski definition) is 4. The van der Waals surface area contributed by atoms with Gasteiger partial charge in [0.15, 0.2) is 0 Å². The second-order valence-corrected chi connectivity index (χ2v) is 5.29. The van der Waals surface area contributed by atoms with Crippen LogP contribution in [0.5, 0.6) is 11.6 Å². The van der Waals surface area contributed by atoms with E-state index in [-0.39, 0.29) is 36.8 Å². The molecule has 2 N–H and O–H groups in total. The standard InChI is InChI=1S/C17H19N3O2.2ClH/c21-17(15-8-1-3-10-18-15)20-13-6-5-7-14(12-13)22-16-9-2-4-11-19-16;;/h2,4-7,9,11-12,15,18H,1,3,8,10H2,(H,20,21);2*1H/t15-;;/m1../s1. The van der Waals surface area contributed by atoms with Crippen molar-refractivity contribution in [2.24, 2.45) is 0 Å². The number of aromatic nitrogens is 1. The summed E-state index contributed by atoms with van der Waals surface area (Å²) in [5, 5.41) is 6.18. The van der Waals surface area contributed by atoms with Crippen LogP contribution >= 0.6 is 24.8 Å². The molecular weight excluding hydrogens is 349 g/mol. The molecule has 0 aliphatic carbocycles. The first kappa shape index (κ1) is 20.2. The van der Waals surface area contributed by atoms with Gasteiger partial charge in [0, 0.05) is 24.0 Å². The van der Waals surface area contributed by atoms with Crippen molar-refractivity contribution in [2.75, 3.05) is 11.9 Å². The summed E-state index contributed by atoms with van der Waals surface area (Å²) in [6.45, 7) is 0.904. The van der Waals surface area contributed by atoms with E-state index < -0.39 is 0 Å². The Morgan fingerprint density at radius 1 is 1.17 bits per heavy atom. The Bertz CT molecular complexity index is 635. The van der Waals surface area contributed by atoms with E-state index in [9.17, 15) is 4.79 Å². The minimum atomic E-state index is -0.103. The van der Waals surface area contributed by atoms with Crippen molar-refractivity contribution in [3.63, 3.8) is 0 Å². The average Bonchev–Trinajstić information content (AvgIpc) is 2.57. The molecule has 24 heavy (non-hydrogen) atoms. The molecule has 5 nitrogen and oxygen atoms in total. The molecule has 0 unspecified atom stereocenters. The van der Waals surface area contributed by atoms with Crippen molar-refractivity contribution < 1.29 is 9.53 Å². The number of nitrogens with zero attached hydrogens (tertiary/aromatic N) is 1. The van der Waals surface area contributed by atoms with Crippen molar-refractivity contribution in [3.05, 3.63) is 48.7 Å². The number of rotatable bonds is 4. The topological polar surface area (TPSA) is 63.2 Å². The highest BCUT2D eigenvalue weighted by Gasteiger charge is 2.20. The largest absolute Gasteiger partial charge is 0.439 e. The van der Waals surface area contributed by atoms with Crippen LogP contribution in [0, 0.1) is 0 Å². The predicted octanol–water partition coefficient (Wildman–Crippen LogP) is 3.80. The molecule has 0 radical (unpaired) electrons. The third-order valence-electron chi connectivity index (χ3n) is 3.59. The number of nitrogens with one attached hydrogen (secondary N) is 2. The Hall–Kier alpha value is -1.82. The third kappa shape index (κ3) is 5.67. The maximum absolute atomic E-state index is 12.2. The molecule has 1 aromatic carbocycles. The van der Waals surface area contributed by atoms with Gasteiger partial charge in [-0.2, -0.15) is 0 Å². The first-order valence-corrected chi connectivity index (χ1v) is 7.54. The maximum Gasteiger partial charge on any atom is 0.241 e. The summed E-state index contributed by atoms with van der Waals surface area (Å²) in [5.41, 5.74) is 0.728. The van der Waals surface area contributed by atoms with Gasteiger partial charge in [0.1, 0.15) is 5.75 Å². The molecule has 1 aliphatic rings. The number of carbonyl (C=O) groups is 1. The predicted molar refractivity (Wildman–Crippen MR) is 99.5 cm³/mol. The van der Waals surface area contributed by atoms with Gasteiger partial charge in [0.25, 0.3) is 0 Å². The highest BCUT2D eigenvalue weighted by molar-refractivity contribution is 5.95. The van der Waals surface area contributed by atoms with E-state index in [4.69, 9.17) is 4.74 Å². The van der Waals surface area contributed by atoms with Gasteiger partial charge in [-0.1, -0.05) is 18.6 Å². The van der Waals surface area contributed by atoms with Gasteiger partial charge in [-0.05, 0) is 37.6 Å². The molecule has 1 amide bonds. The summed E-state index contributed by atoms with van der Waals surface area (Å²) < 4.78 is 5.67. The van der Waals surface area contributed by atoms with E-state index in [0.717, 1.165) is 31.5 Å². The van der Waals surface area contributed by atoms with Crippen LogP contribution in [0.4, 0.5) is 5.69 Å². The summed E-state index contributed by atoms with van der Waals surface area (Å²) in [6.07, 6.45) is 4.79. The van der Waals surface area contributed by atoms with Gasteiger partial charge >= 0.3 is 0 Å². The number of carbonyl (C=O) groups excluding carboxylic acids is 1. The number of ether oxygens (including phenoxy) is 1. The number of halogens is 2. The maximum atomic E-state index is 12.2. The molecule has 0 saturated carbocycles. The molecule has 2 aromatic rings. The monoisotopic (exact) mass is 369 g/mol. The van der Waals surface area contributed by atoms with Gasteiger partial charge < -0.3 is 15.4 Å². The van der Waals surface area contributed by atoms with Crippen LogP contribution in [-0.2, 0) is 4.79 Å². The zero-order valence-corrected chi connectivity index (χ0v) is 14.7. The van der Waals surface area contributed by atoms with E-state index in [1.54, 1.807) is 18.3 Å². The van der Waals surface area contributed by atoms with Gasteiger partial charge in [-0.25, -0.2) is 4.98 Å². The molecule has 1 atom stereocenters. The normalized spacial score (nSPS) is 16.2. The Morgan fingerprint density at radius 2 is 2.04 bits per heavy atom. The Morgan fingerprint density at radius 3 is 2.75 bits per heavy atom. The summed E-state index contributed by atoms with van der Waals surface area (Å²) in [5.74, 6) is 1.18. The molecule has 3 rings (SSSR count). The van der Waals surface area contributed by atoms with Crippen LogP contribution in [-0.4, -0.2) is 23.5 Å². The Labute approximate surface area is 154 Å². The highest BCUT2D eigenvalue weighted by atomic mass is 35.5. The van der Waals surface area contributed by atoms with Crippen LogP contribution in [0.3, 0.4) is 0 Å². The van der Waals surface area contributed by atoms with Gasteiger partial charge in [-0.15, -0.1) is 24.8 Å². The molecule has 1 saturated heterocycles. The second kappa shape index (κ2) is 10.1. The molecule has 0 bridgehead atoms. The van der Waals surface area contributed by atoms with Crippen LogP contribution in [0.25, 0.3) is 0 Å². The Balaban J connectivity index is 0.00000144. The third-order valence-corrected chi connectivity index (χ3v) is 3.59. The fourth-order valence-corrected chi connectivity index (χ4v) is 2.47. The van der Waals surface area contributed by atoms with Crippen LogP contribution in [0.1, 0.15) is 19.3 Å². The zero-order valence-electron chi connectivity index (χ0n) is 13.1. The van der Waals surface area contributed by atoms with E-state index in [1.165, 1.54) is 0 Å². The lowest BCUT2D eigenvalue weighted by Gasteiger charge is -2.22. The minimum Gasteiger partial charge on any atom is -0.439 e. The fourth-order valence-electron chi connectivity index (χ4n) is 2.47. The summed E-state index contributed by atoms with van der Waals surface area (Å²) in [4.78, 5) is 16.3. The second-order valence-electron chi connectivity index (χ2n) is 5.29. The summed E-state index contributed by atoms with van der Waals surface area (Å²) >= 11 is 0. The van der Waals surface area contributed by atoms with Crippen LogP contribution in [0.15, 0.2) is 48.7 Å². The lowest BCUT2D eigenvalue weighted by Crippen LogP contribution is -2.43. The van der Waals surface area contributed by atoms with E-state index in [2.05, 4.69) is 15.6 Å². The Kier molecular flexibility index (Phi) is 8.54. The first-order valence-electron chi connectivity index (χ1n) is 7.54. The molecule has 7 heteroatoms. The number of hydrogen-bond donors (Lipinski definition) is 2. The lowest BCUT2D eigenvalue weighted by molar-refractivity contribution is -0.118. The smallest absolute Gasteiger partial charge is 0.241 e. The number of piperidine rings is 1. The summed E-state index contributed by atoms with van der Waals surface area (Å²) in [7, 11) is 0. The average molecular weight is 370 g/mol. The molecular formula is C17H21Cl2N3O2. The SMILES string of the molecule is Cl.Cl.O=C(Nc1cccc(Oc2ccccn2)c1)[C@H]1CCCCN1. The molecule has 130 valence electrons. The highest BCUT2D eigenvalue weighted by Crippen LogP contribution is 2.22. The molecule has 1 aliphatic heterocycles. The van der Waals surface area contributed by atoms with Crippen molar-refractivity contribution in [1.29, 1.82) is 0 Å². The first-order chi connectivity index (χ1) is 10.8. The summed E-state index contributed by atoms with van der Waals surface area (Å²) in [6, 6.07) is 12.7. The molecule has 0 spiro atoms. The molecule has 2 heterocycles. The van der Waals surface area contributed by atoms with Crippen molar-refractivity contribution in [1.82, 2.24) is 10.3 Å². The van der Waals surface area contributed by atoms with E-state index in [0.29, 0.717) is 11.6 Å². The van der Waals surface area contributed by atoms with Crippen molar-refractivity contribution in [2.45, 2.75) is 25.3 Å². The van der Waals surface area contributed by atoms with Crippen LogP contribution in [0.2, 0.25) is 0 Å². The molecule has 1 fully saturated rings.